The lowest BCUT2D eigenvalue weighted by atomic mass is 9.74. The van der Waals surface area contributed by atoms with Gasteiger partial charge < -0.3 is 10.4 Å². The van der Waals surface area contributed by atoms with Crippen LogP contribution >= 0.6 is 11.6 Å². The van der Waals surface area contributed by atoms with E-state index in [4.69, 9.17) is 16.7 Å². The first-order valence-corrected chi connectivity index (χ1v) is 6.10. The molecule has 0 saturated heterocycles. The van der Waals surface area contributed by atoms with Gasteiger partial charge in [-0.2, -0.15) is 0 Å². The molecule has 1 aliphatic carbocycles. The van der Waals surface area contributed by atoms with E-state index in [1.54, 1.807) is 0 Å². The summed E-state index contributed by atoms with van der Waals surface area (Å²) in [6.45, 7) is 0. The molecule has 1 aromatic heterocycles. The van der Waals surface area contributed by atoms with Gasteiger partial charge in [-0.25, -0.2) is 4.98 Å². The Morgan fingerprint density at radius 1 is 1.63 bits per heavy atom. The number of nitro groups is 1. The standard InChI is InChI=1S/C11H12ClN3O4/c12-7-4-8(15(18)19)10(13-6-7)14-11(2-1-3-11)5-9(16)17/h4,6H,1-3,5H2,(H,13,14)(H,16,17). The van der Waals surface area contributed by atoms with Gasteiger partial charge in [0.05, 0.1) is 16.4 Å². The fourth-order valence-electron chi connectivity index (χ4n) is 2.15. The van der Waals surface area contributed by atoms with Gasteiger partial charge in [0.1, 0.15) is 0 Å². The Morgan fingerprint density at radius 2 is 2.32 bits per heavy atom. The molecule has 0 spiro atoms. The van der Waals surface area contributed by atoms with Crippen LogP contribution in [0.3, 0.4) is 0 Å². The van der Waals surface area contributed by atoms with E-state index in [1.807, 2.05) is 0 Å². The first-order chi connectivity index (χ1) is 8.92. The largest absolute Gasteiger partial charge is 0.481 e. The first-order valence-electron chi connectivity index (χ1n) is 5.72. The van der Waals surface area contributed by atoms with Gasteiger partial charge in [-0.05, 0) is 19.3 Å². The summed E-state index contributed by atoms with van der Waals surface area (Å²) in [6, 6.07) is 1.20. The molecule has 0 atom stereocenters. The molecule has 0 aliphatic heterocycles. The van der Waals surface area contributed by atoms with E-state index < -0.39 is 16.4 Å². The third-order valence-corrected chi connectivity index (χ3v) is 3.42. The fourth-order valence-corrected chi connectivity index (χ4v) is 2.31. The van der Waals surface area contributed by atoms with Crippen LogP contribution in [0.1, 0.15) is 25.7 Å². The average Bonchev–Trinajstić information content (AvgIpc) is 2.27. The Hall–Kier alpha value is -1.89. The number of halogens is 1. The highest BCUT2D eigenvalue weighted by Crippen LogP contribution is 2.39. The minimum atomic E-state index is -0.941. The second-order valence-corrected chi connectivity index (χ2v) is 5.04. The van der Waals surface area contributed by atoms with E-state index in [0.717, 1.165) is 6.42 Å². The molecule has 0 unspecified atom stereocenters. The Balaban J connectivity index is 2.27. The lowest BCUT2D eigenvalue weighted by Gasteiger charge is -2.41. The van der Waals surface area contributed by atoms with E-state index in [2.05, 4.69) is 10.3 Å². The summed E-state index contributed by atoms with van der Waals surface area (Å²) in [5, 5.41) is 22.9. The van der Waals surface area contributed by atoms with Crippen LogP contribution in [0.15, 0.2) is 12.3 Å². The Morgan fingerprint density at radius 3 is 2.79 bits per heavy atom. The Labute approximate surface area is 113 Å². The van der Waals surface area contributed by atoms with Crippen molar-refractivity contribution < 1.29 is 14.8 Å². The van der Waals surface area contributed by atoms with Crippen molar-refractivity contribution in [3.63, 3.8) is 0 Å². The van der Waals surface area contributed by atoms with Crippen LogP contribution in [0, 0.1) is 10.1 Å². The number of hydrogen-bond donors (Lipinski definition) is 2. The van der Waals surface area contributed by atoms with Gasteiger partial charge >= 0.3 is 11.7 Å². The second kappa shape index (κ2) is 5.00. The van der Waals surface area contributed by atoms with Gasteiger partial charge in [-0.3, -0.25) is 14.9 Å². The van der Waals surface area contributed by atoms with E-state index in [1.165, 1.54) is 12.3 Å². The van der Waals surface area contributed by atoms with Gasteiger partial charge in [-0.15, -0.1) is 0 Å². The van der Waals surface area contributed by atoms with Gasteiger partial charge in [0.25, 0.3) is 0 Å². The highest BCUT2D eigenvalue weighted by molar-refractivity contribution is 6.30. The van der Waals surface area contributed by atoms with Crippen molar-refractivity contribution in [2.75, 3.05) is 5.32 Å². The molecule has 0 bridgehead atoms. The molecule has 2 N–H and O–H groups in total. The number of nitrogens with zero attached hydrogens (tertiary/aromatic N) is 2. The monoisotopic (exact) mass is 285 g/mol. The molecule has 0 aromatic carbocycles. The molecule has 2 rings (SSSR count). The summed E-state index contributed by atoms with van der Waals surface area (Å²) in [5.74, 6) is -0.876. The predicted octanol–water partition coefficient (Wildman–Crippen LogP) is 2.45. The summed E-state index contributed by atoms with van der Waals surface area (Å²) in [4.78, 5) is 25.1. The molecule has 0 radical (unpaired) electrons. The van der Waals surface area contributed by atoms with Gasteiger partial charge in [0.15, 0.2) is 0 Å². The number of carbonyl (C=O) groups is 1. The SMILES string of the molecule is O=C(O)CC1(Nc2ncc(Cl)cc2[N+](=O)[O-])CCC1. The lowest BCUT2D eigenvalue weighted by molar-refractivity contribution is -0.384. The molecule has 1 aliphatic rings. The summed E-state index contributed by atoms with van der Waals surface area (Å²) in [7, 11) is 0. The second-order valence-electron chi connectivity index (χ2n) is 4.61. The molecule has 1 fully saturated rings. The normalized spacial score (nSPS) is 16.5. The molecular weight excluding hydrogens is 274 g/mol. The minimum absolute atomic E-state index is 0.0651. The third kappa shape index (κ3) is 2.93. The number of rotatable bonds is 5. The van der Waals surface area contributed by atoms with E-state index in [-0.39, 0.29) is 22.9 Å². The summed E-state index contributed by atoms with van der Waals surface area (Å²) in [6.07, 6.45) is 3.40. The van der Waals surface area contributed by atoms with Crippen molar-refractivity contribution in [3.8, 4) is 0 Å². The van der Waals surface area contributed by atoms with E-state index in [9.17, 15) is 14.9 Å². The summed E-state index contributed by atoms with van der Waals surface area (Å²) < 4.78 is 0. The number of pyridine rings is 1. The van der Waals surface area contributed by atoms with Crippen molar-refractivity contribution in [2.24, 2.45) is 0 Å². The van der Waals surface area contributed by atoms with Crippen LogP contribution in [0.25, 0.3) is 0 Å². The number of aliphatic carboxylic acids is 1. The zero-order valence-electron chi connectivity index (χ0n) is 9.93. The van der Waals surface area contributed by atoms with Crippen LogP contribution in [-0.2, 0) is 4.79 Å². The van der Waals surface area contributed by atoms with Gasteiger partial charge in [0, 0.05) is 17.8 Å². The zero-order chi connectivity index (χ0) is 14.0. The third-order valence-electron chi connectivity index (χ3n) is 3.21. The van der Waals surface area contributed by atoms with Crippen molar-refractivity contribution >= 4 is 29.1 Å². The van der Waals surface area contributed by atoms with Crippen LogP contribution in [-0.4, -0.2) is 26.5 Å². The molecule has 1 aromatic rings. The number of carboxylic acids is 1. The lowest BCUT2D eigenvalue weighted by Crippen LogP contribution is -2.47. The number of carboxylic acid groups (broad SMARTS) is 1. The zero-order valence-corrected chi connectivity index (χ0v) is 10.7. The van der Waals surface area contributed by atoms with E-state index >= 15 is 0 Å². The van der Waals surface area contributed by atoms with Gasteiger partial charge in [-0.1, -0.05) is 11.6 Å². The van der Waals surface area contributed by atoms with E-state index in [0.29, 0.717) is 12.8 Å². The van der Waals surface area contributed by atoms with Crippen LogP contribution < -0.4 is 5.32 Å². The maximum Gasteiger partial charge on any atom is 0.312 e. The molecule has 102 valence electrons. The maximum absolute atomic E-state index is 10.9. The number of hydrogen-bond acceptors (Lipinski definition) is 5. The molecule has 1 heterocycles. The highest BCUT2D eigenvalue weighted by atomic mass is 35.5. The van der Waals surface area contributed by atoms with Crippen molar-refractivity contribution in [2.45, 2.75) is 31.2 Å². The van der Waals surface area contributed by atoms with Crippen LogP contribution in [0.2, 0.25) is 5.02 Å². The Kier molecular flexibility index (Phi) is 3.57. The molecule has 1 saturated carbocycles. The summed E-state index contributed by atoms with van der Waals surface area (Å²) >= 11 is 5.68. The molecule has 0 amide bonds. The molecule has 8 heteroatoms. The smallest absolute Gasteiger partial charge is 0.312 e. The molecule has 19 heavy (non-hydrogen) atoms. The first kappa shape index (κ1) is 13.5. The quantitative estimate of drug-likeness (QED) is 0.636. The molecular formula is C11H12ClN3O4. The molecule has 7 nitrogen and oxygen atoms in total. The van der Waals surface area contributed by atoms with Crippen LogP contribution in [0.4, 0.5) is 11.5 Å². The highest BCUT2D eigenvalue weighted by Gasteiger charge is 2.40. The number of anilines is 1. The van der Waals surface area contributed by atoms with Gasteiger partial charge in [0.2, 0.25) is 5.82 Å². The minimum Gasteiger partial charge on any atom is -0.481 e. The number of nitrogens with one attached hydrogen (secondary N) is 1. The maximum atomic E-state index is 10.9. The van der Waals surface area contributed by atoms with Crippen molar-refractivity contribution in [3.05, 3.63) is 27.4 Å². The van der Waals surface area contributed by atoms with Crippen molar-refractivity contribution in [1.82, 2.24) is 4.98 Å². The average molecular weight is 286 g/mol. The summed E-state index contributed by atoms with van der Waals surface area (Å²) in [5.41, 5.74) is -0.888. The fraction of sp³-hybridized carbons (Fsp3) is 0.455. The topological polar surface area (TPSA) is 105 Å². The Bertz CT molecular complexity index is 531. The number of aromatic nitrogens is 1. The van der Waals surface area contributed by atoms with Crippen LogP contribution in [0.5, 0.6) is 0 Å². The van der Waals surface area contributed by atoms with Crippen molar-refractivity contribution in [1.29, 1.82) is 0 Å². The predicted molar refractivity (Wildman–Crippen MR) is 68.4 cm³/mol.